The summed E-state index contributed by atoms with van der Waals surface area (Å²) in [5.74, 6) is 1.17. The molecule has 1 aliphatic carbocycles. The molecule has 0 bridgehead atoms. The van der Waals surface area contributed by atoms with Gasteiger partial charge in [-0.1, -0.05) is 26.0 Å². The number of esters is 1. The zero-order valence-corrected chi connectivity index (χ0v) is 12.5. The number of nitrogens with two attached hydrogens (primary N) is 1. The SMILES string of the molecule is CC1CCC(OC(=O)c2cccc(CCN)c2)CC1C. The molecule has 0 amide bonds. The van der Waals surface area contributed by atoms with Crippen LogP contribution in [0.4, 0.5) is 0 Å². The third-order valence-corrected chi connectivity index (χ3v) is 4.42. The molecule has 3 unspecified atom stereocenters. The monoisotopic (exact) mass is 275 g/mol. The molecule has 2 N–H and O–H groups in total. The number of benzene rings is 1. The molecule has 1 aromatic carbocycles. The van der Waals surface area contributed by atoms with Gasteiger partial charge in [-0.05, 0) is 61.8 Å². The van der Waals surface area contributed by atoms with Crippen LogP contribution in [0.25, 0.3) is 0 Å². The lowest BCUT2D eigenvalue weighted by Crippen LogP contribution is -2.28. The second-order valence-corrected chi connectivity index (χ2v) is 6.03. The molecular formula is C17H25NO2. The van der Waals surface area contributed by atoms with Crippen LogP contribution in [-0.2, 0) is 11.2 Å². The molecule has 3 atom stereocenters. The fourth-order valence-electron chi connectivity index (χ4n) is 2.85. The molecular weight excluding hydrogens is 250 g/mol. The minimum atomic E-state index is -0.198. The van der Waals surface area contributed by atoms with E-state index in [1.807, 2.05) is 24.3 Å². The van der Waals surface area contributed by atoms with Crippen LogP contribution in [0.1, 0.15) is 49.0 Å². The van der Waals surface area contributed by atoms with Gasteiger partial charge in [-0.3, -0.25) is 0 Å². The maximum Gasteiger partial charge on any atom is 0.338 e. The van der Waals surface area contributed by atoms with E-state index in [0.717, 1.165) is 37.2 Å². The Labute approximate surface area is 121 Å². The third-order valence-electron chi connectivity index (χ3n) is 4.42. The molecule has 0 saturated heterocycles. The molecule has 0 aromatic heterocycles. The predicted octanol–water partition coefficient (Wildman–Crippen LogP) is 3.17. The molecule has 0 radical (unpaired) electrons. The Kier molecular flexibility index (Phi) is 5.18. The maximum absolute atomic E-state index is 12.2. The summed E-state index contributed by atoms with van der Waals surface area (Å²) in [7, 11) is 0. The van der Waals surface area contributed by atoms with Gasteiger partial charge >= 0.3 is 5.97 Å². The van der Waals surface area contributed by atoms with Crippen molar-refractivity contribution in [1.29, 1.82) is 0 Å². The number of carbonyl (C=O) groups is 1. The highest BCUT2D eigenvalue weighted by atomic mass is 16.5. The molecule has 3 nitrogen and oxygen atoms in total. The van der Waals surface area contributed by atoms with E-state index in [4.69, 9.17) is 10.5 Å². The molecule has 0 aliphatic heterocycles. The minimum absolute atomic E-state index is 0.0758. The lowest BCUT2D eigenvalue weighted by Gasteiger charge is -2.31. The van der Waals surface area contributed by atoms with Crippen molar-refractivity contribution in [3.05, 3.63) is 35.4 Å². The van der Waals surface area contributed by atoms with Crippen LogP contribution in [0.2, 0.25) is 0 Å². The third kappa shape index (κ3) is 3.83. The van der Waals surface area contributed by atoms with Gasteiger partial charge in [0.2, 0.25) is 0 Å². The molecule has 110 valence electrons. The summed E-state index contributed by atoms with van der Waals surface area (Å²) in [6.07, 6.45) is 3.98. The largest absolute Gasteiger partial charge is 0.459 e. The minimum Gasteiger partial charge on any atom is -0.459 e. The number of carbonyl (C=O) groups excluding carboxylic acids is 1. The highest BCUT2D eigenvalue weighted by Crippen LogP contribution is 2.31. The van der Waals surface area contributed by atoms with E-state index in [2.05, 4.69) is 13.8 Å². The van der Waals surface area contributed by atoms with Crippen LogP contribution < -0.4 is 5.73 Å². The van der Waals surface area contributed by atoms with E-state index in [-0.39, 0.29) is 12.1 Å². The van der Waals surface area contributed by atoms with Crippen molar-refractivity contribution in [2.75, 3.05) is 6.54 Å². The summed E-state index contributed by atoms with van der Waals surface area (Å²) in [6.45, 7) is 5.11. The van der Waals surface area contributed by atoms with Gasteiger partial charge in [-0.2, -0.15) is 0 Å². The molecule has 1 aliphatic rings. The average Bonchev–Trinajstić information content (AvgIpc) is 2.43. The zero-order chi connectivity index (χ0) is 14.5. The Morgan fingerprint density at radius 2 is 2.10 bits per heavy atom. The van der Waals surface area contributed by atoms with E-state index in [9.17, 15) is 4.79 Å². The van der Waals surface area contributed by atoms with Crippen molar-refractivity contribution in [2.24, 2.45) is 17.6 Å². The van der Waals surface area contributed by atoms with Crippen molar-refractivity contribution in [3.8, 4) is 0 Å². The molecule has 1 aromatic rings. The maximum atomic E-state index is 12.2. The molecule has 1 fully saturated rings. The first kappa shape index (κ1) is 15.0. The van der Waals surface area contributed by atoms with E-state index in [0.29, 0.717) is 18.0 Å². The van der Waals surface area contributed by atoms with Crippen LogP contribution in [0.5, 0.6) is 0 Å². The van der Waals surface area contributed by atoms with E-state index < -0.39 is 0 Å². The zero-order valence-electron chi connectivity index (χ0n) is 12.5. The second kappa shape index (κ2) is 6.89. The highest BCUT2D eigenvalue weighted by molar-refractivity contribution is 5.89. The molecule has 0 heterocycles. The normalized spacial score (nSPS) is 26.2. The first-order valence-corrected chi connectivity index (χ1v) is 7.60. The van der Waals surface area contributed by atoms with Gasteiger partial charge in [-0.15, -0.1) is 0 Å². The summed E-state index contributed by atoms with van der Waals surface area (Å²) in [5.41, 5.74) is 7.28. The summed E-state index contributed by atoms with van der Waals surface area (Å²) < 4.78 is 5.66. The van der Waals surface area contributed by atoms with Crippen molar-refractivity contribution >= 4 is 5.97 Å². The van der Waals surface area contributed by atoms with Gasteiger partial charge in [0.15, 0.2) is 0 Å². The van der Waals surface area contributed by atoms with Crippen LogP contribution >= 0.6 is 0 Å². The van der Waals surface area contributed by atoms with Gasteiger partial charge < -0.3 is 10.5 Å². The summed E-state index contributed by atoms with van der Waals surface area (Å²) in [4.78, 5) is 12.2. The van der Waals surface area contributed by atoms with Crippen LogP contribution in [0.3, 0.4) is 0 Å². The fraction of sp³-hybridized carbons (Fsp3) is 0.588. The lowest BCUT2D eigenvalue weighted by atomic mass is 9.80. The van der Waals surface area contributed by atoms with Crippen molar-refractivity contribution in [3.63, 3.8) is 0 Å². The Bertz CT molecular complexity index is 458. The highest BCUT2D eigenvalue weighted by Gasteiger charge is 2.27. The van der Waals surface area contributed by atoms with Crippen LogP contribution in [-0.4, -0.2) is 18.6 Å². The van der Waals surface area contributed by atoms with Crippen molar-refractivity contribution in [1.82, 2.24) is 0 Å². The Morgan fingerprint density at radius 3 is 2.80 bits per heavy atom. The number of hydrogen-bond acceptors (Lipinski definition) is 3. The van der Waals surface area contributed by atoms with Gasteiger partial charge in [0.05, 0.1) is 5.56 Å². The topological polar surface area (TPSA) is 52.3 Å². The van der Waals surface area contributed by atoms with Crippen molar-refractivity contribution < 1.29 is 9.53 Å². The first-order valence-electron chi connectivity index (χ1n) is 7.60. The Hall–Kier alpha value is -1.35. The van der Waals surface area contributed by atoms with Gasteiger partial charge in [-0.25, -0.2) is 4.79 Å². The van der Waals surface area contributed by atoms with Gasteiger partial charge in [0, 0.05) is 0 Å². The van der Waals surface area contributed by atoms with E-state index in [1.165, 1.54) is 0 Å². The van der Waals surface area contributed by atoms with Crippen molar-refractivity contribution in [2.45, 2.75) is 45.6 Å². The first-order chi connectivity index (χ1) is 9.60. The van der Waals surface area contributed by atoms with Crippen LogP contribution in [0.15, 0.2) is 24.3 Å². The average molecular weight is 275 g/mol. The summed E-state index contributed by atoms with van der Waals surface area (Å²) in [6, 6.07) is 7.60. The van der Waals surface area contributed by atoms with Crippen LogP contribution in [0, 0.1) is 11.8 Å². The van der Waals surface area contributed by atoms with E-state index in [1.54, 1.807) is 0 Å². The summed E-state index contributed by atoms with van der Waals surface area (Å²) >= 11 is 0. The van der Waals surface area contributed by atoms with Gasteiger partial charge in [0.25, 0.3) is 0 Å². The standard InChI is InChI=1S/C17H25NO2/c1-12-6-7-16(10-13(12)2)20-17(19)15-5-3-4-14(11-15)8-9-18/h3-5,11-13,16H,6-10,18H2,1-2H3. The molecule has 1 saturated carbocycles. The molecule has 0 spiro atoms. The Balaban J connectivity index is 1.96. The molecule has 3 heteroatoms. The van der Waals surface area contributed by atoms with E-state index >= 15 is 0 Å². The quantitative estimate of drug-likeness (QED) is 0.859. The Morgan fingerprint density at radius 1 is 1.30 bits per heavy atom. The number of ether oxygens (including phenoxy) is 1. The van der Waals surface area contributed by atoms with Gasteiger partial charge in [0.1, 0.15) is 6.10 Å². The predicted molar refractivity (Wildman–Crippen MR) is 80.6 cm³/mol. The molecule has 20 heavy (non-hydrogen) atoms. The fourth-order valence-corrected chi connectivity index (χ4v) is 2.85. The smallest absolute Gasteiger partial charge is 0.338 e. The second-order valence-electron chi connectivity index (χ2n) is 6.03. The lowest BCUT2D eigenvalue weighted by molar-refractivity contribution is 0.00878. The number of hydrogen-bond donors (Lipinski definition) is 1. The summed E-state index contributed by atoms with van der Waals surface area (Å²) in [5, 5.41) is 0. The number of rotatable bonds is 4. The molecule has 2 rings (SSSR count).